The lowest BCUT2D eigenvalue weighted by molar-refractivity contribution is -0.124. The van der Waals surface area contributed by atoms with E-state index in [-0.39, 0.29) is 18.4 Å². The van der Waals surface area contributed by atoms with E-state index < -0.39 is 0 Å². The Bertz CT molecular complexity index is 396. The van der Waals surface area contributed by atoms with Crippen molar-refractivity contribution in [2.24, 2.45) is 5.92 Å². The van der Waals surface area contributed by atoms with Gasteiger partial charge >= 0.3 is 0 Å². The predicted octanol–water partition coefficient (Wildman–Crippen LogP) is 2.80. The third-order valence-electron chi connectivity index (χ3n) is 3.55. The third kappa shape index (κ3) is 2.97. The Morgan fingerprint density at radius 2 is 1.83 bits per heavy atom. The van der Waals surface area contributed by atoms with Gasteiger partial charge in [-0.15, -0.1) is 0 Å². The molecule has 0 atom stereocenters. The smallest absolute Gasteiger partial charge is 0.230 e. The molecule has 0 spiro atoms. The van der Waals surface area contributed by atoms with Crippen molar-refractivity contribution in [2.45, 2.75) is 32.1 Å². The predicted molar refractivity (Wildman–Crippen MR) is 71.4 cm³/mol. The van der Waals surface area contributed by atoms with Gasteiger partial charge in [0.2, 0.25) is 5.91 Å². The lowest BCUT2D eigenvalue weighted by Gasteiger charge is -2.28. The summed E-state index contributed by atoms with van der Waals surface area (Å²) in [4.78, 5) is 24.9. The SMILES string of the molecule is O=CCN(C(=O)C1CCCCC1)c1ccccc1. The Hall–Kier alpha value is -1.64. The molecule has 1 aliphatic carbocycles. The van der Waals surface area contributed by atoms with Gasteiger partial charge in [-0.1, -0.05) is 37.5 Å². The van der Waals surface area contributed by atoms with Crippen molar-refractivity contribution in [3.63, 3.8) is 0 Å². The molecule has 1 saturated carbocycles. The van der Waals surface area contributed by atoms with Gasteiger partial charge in [-0.05, 0) is 25.0 Å². The quantitative estimate of drug-likeness (QED) is 0.765. The molecule has 0 bridgehead atoms. The number of rotatable bonds is 4. The molecule has 1 fully saturated rings. The van der Waals surface area contributed by atoms with Crippen molar-refractivity contribution in [3.8, 4) is 0 Å². The summed E-state index contributed by atoms with van der Waals surface area (Å²) in [5.41, 5.74) is 0.820. The molecule has 2 rings (SSSR count). The molecule has 0 heterocycles. The van der Waals surface area contributed by atoms with Crippen LogP contribution in [0.4, 0.5) is 5.69 Å². The number of carbonyl (C=O) groups excluding carboxylic acids is 2. The molecular weight excluding hydrogens is 226 g/mol. The van der Waals surface area contributed by atoms with Crippen LogP contribution < -0.4 is 4.90 Å². The van der Waals surface area contributed by atoms with E-state index in [4.69, 9.17) is 0 Å². The van der Waals surface area contributed by atoms with Crippen molar-refractivity contribution in [1.29, 1.82) is 0 Å². The van der Waals surface area contributed by atoms with E-state index in [1.165, 1.54) is 6.42 Å². The summed E-state index contributed by atoms with van der Waals surface area (Å²) in [7, 11) is 0. The number of hydrogen-bond donors (Lipinski definition) is 0. The largest absolute Gasteiger partial charge is 0.305 e. The summed E-state index contributed by atoms with van der Waals surface area (Å²) in [6, 6.07) is 9.45. The third-order valence-corrected chi connectivity index (χ3v) is 3.55. The van der Waals surface area contributed by atoms with Crippen LogP contribution in [0.1, 0.15) is 32.1 Å². The number of hydrogen-bond acceptors (Lipinski definition) is 2. The van der Waals surface area contributed by atoms with Crippen LogP contribution in [0, 0.1) is 5.92 Å². The summed E-state index contributed by atoms with van der Waals surface area (Å²) in [6.45, 7) is 0.152. The lowest BCUT2D eigenvalue weighted by Crippen LogP contribution is -2.38. The van der Waals surface area contributed by atoms with Crippen LogP contribution in [0.2, 0.25) is 0 Å². The minimum absolute atomic E-state index is 0.0962. The van der Waals surface area contributed by atoms with Crippen LogP contribution in [-0.4, -0.2) is 18.7 Å². The maximum absolute atomic E-state index is 12.5. The topological polar surface area (TPSA) is 37.4 Å². The van der Waals surface area contributed by atoms with Gasteiger partial charge < -0.3 is 9.69 Å². The standard InChI is InChI=1S/C15H19NO2/c17-12-11-16(14-9-5-2-6-10-14)15(18)13-7-3-1-4-8-13/h2,5-6,9-10,12-13H,1,3-4,7-8,11H2. The van der Waals surface area contributed by atoms with Gasteiger partial charge in [0, 0.05) is 11.6 Å². The molecule has 0 radical (unpaired) electrons. The second-order valence-electron chi connectivity index (χ2n) is 4.79. The minimum atomic E-state index is 0.0962. The van der Waals surface area contributed by atoms with Gasteiger partial charge in [0.05, 0.1) is 6.54 Å². The second-order valence-corrected chi connectivity index (χ2v) is 4.79. The molecule has 0 aliphatic heterocycles. The molecule has 96 valence electrons. The molecule has 0 N–H and O–H groups in total. The lowest BCUT2D eigenvalue weighted by atomic mass is 9.88. The first kappa shape index (κ1) is 12.8. The number of amides is 1. The zero-order chi connectivity index (χ0) is 12.8. The highest BCUT2D eigenvalue weighted by Gasteiger charge is 2.26. The summed E-state index contributed by atoms with van der Waals surface area (Å²) in [5.74, 6) is 0.201. The van der Waals surface area contributed by atoms with Crippen LogP contribution in [-0.2, 0) is 9.59 Å². The Balaban J connectivity index is 2.14. The van der Waals surface area contributed by atoms with Gasteiger partial charge in [0.1, 0.15) is 6.29 Å². The highest BCUT2D eigenvalue weighted by atomic mass is 16.2. The van der Waals surface area contributed by atoms with E-state index in [2.05, 4.69) is 0 Å². The maximum atomic E-state index is 12.5. The number of carbonyl (C=O) groups is 2. The fraction of sp³-hybridized carbons (Fsp3) is 0.467. The second kappa shape index (κ2) is 6.34. The van der Waals surface area contributed by atoms with Crippen molar-refractivity contribution in [1.82, 2.24) is 0 Å². The normalized spacial score (nSPS) is 16.2. The van der Waals surface area contributed by atoms with Crippen molar-refractivity contribution >= 4 is 17.9 Å². The molecule has 1 aromatic carbocycles. The zero-order valence-electron chi connectivity index (χ0n) is 10.5. The van der Waals surface area contributed by atoms with Gasteiger partial charge in [-0.2, -0.15) is 0 Å². The highest BCUT2D eigenvalue weighted by Crippen LogP contribution is 2.27. The van der Waals surface area contributed by atoms with Crippen LogP contribution in [0.3, 0.4) is 0 Å². The maximum Gasteiger partial charge on any atom is 0.230 e. The molecule has 1 aliphatic rings. The molecular formula is C15H19NO2. The van der Waals surface area contributed by atoms with E-state index in [9.17, 15) is 9.59 Å². The van der Waals surface area contributed by atoms with Crippen LogP contribution in [0.15, 0.2) is 30.3 Å². The first-order chi connectivity index (χ1) is 8.83. The van der Waals surface area contributed by atoms with Gasteiger partial charge in [-0.25, -0.2) is 0 Å². The fourth-order valence-corrected chi connectivity index (χ4v) is 2.58. The van der Waals surface area contributed by atoms with Gasteiger partial charge in [0.15, 0.2) is 0 Å². The number of benzene rings is 1. The first-order valence-electron chi connectivity index (χ1n) is 6.63. The van der Waals surface area contributed by atoms with Crippen molar-refractivity contribution < 1.29 is 9.59 Å². The van der Waals surface area contributed by atoms with Crippen molar-refractivity contribution in [3.05, 3.63) is 30.3 Å². The van der Waals surface area contributed by atoms with Crippen LogP contribution in [0.25, 0.3) is 0 Å². The minimum Gasteiger partial charge on any atom is -0.305 e. The number of nitrogens with zero attached hydrogens (tertiary/aromatic N) is 1. The molecule has 1 amide bonds. The van der Waals surface area contributed by atoms with E-state index in [0.29, 0.717) is 0 Å². The Labute approximate surface area is 108 Å². The van der Waals surface area contributed by atoms with E-state index in [1.807, 2.05) is 30.3 Å². The number of aldehydes is 1. The average Bonchev–Trinajstić information content (AvgIpc) is 2.46. The van der Waals surface area contributed by atoms with Crippen LogP contribution >= 0.6 is 0 Å². The molecule has 3 nitrogen and oxygen atoms in total. The monoisotopic (exact) mass is 245 g/mol. The van der Waals surface area contributed by atoms with Crippen LogP contribution in [0.5, 0.6) is 0 Å². The Morgan fingerprint density at radius 1 is 1.17 bits per heavy atom. The number of anilines is 1. The van der Waals surface area contributed by atoms with E-state index in [0.717, 1.165) is 37.7 Å². The molecule has 3 heteroatoms. The molecule has 1 aromatic rings. The highest BCUT2D eigenvalue weighted by molar-refractivity contribution is 5.97. The summed E-state index contributed by atoms with van der Waals surface area (Å²) >= 11 is 0. The van der Waals surface area contributed by atoms with E-state index >= 15 is 0 Å². The average molecular weight is 245 g/mol. The molecule has 18 heavy (non-hydrogen) atoms. The molecule has 0 aromatic heterocycles. The summed E-state index contributed by atoms with van der Waals surface area (Å²) in [6.07, 6.45) is 6.19. The van der Waals surface area contributed by atoms with Crippen molar-refractivity contribution in [2.75, 3.05) is 11.4 Å². The molecule has 0 saturated heterocycles. The number of para-hydroxylation sites is 1. The summed E-state index contributed by atoms with van der Waals surface area (Å²) < 4.78 is 0. The van der Waals surface area contributed by atoms with Gasteiger partial charge in [0.25, 0.3) is 0 Å². The Morgan fingerprint density at radius 3 is 2.44 bits per heavy atom. The molecule has 0 unspecified atom stereocenters. The summed E-state index contributed by atoms with van der Waals surface area (Å²) in [5, 5.41) is 0. The zero-order valence-corrected chi connectivity index (χ0v) is 10.5. The Kier molecular flexibility index (Phi) is 4.51. The van der Waals surface area contributed by atoms with E-state index in [1.54, 1.807) is 4.90 Å². The first-order valence-corrected chi connectivity index (χ1v) is 6.63. The fourth-order valence-electron chi connectivity index (χ4n) is 2.58. The van der Waals surface area contributed by atoms with Gasteiger partial charge in [-0.3, -0.25) is 4.79 Å².